The maximum Gasteiger partial charge on any atom is 0.255 e. The molecule has 0 bridgehead atoms. The van der Waals surface area contributed by atoms with Crippen molar-refractivity contribution >= 4 is 17.2 Å². The Labute approximate surface area is 168 Å². The van der Waals surface area contributed by atoms with Crippen LogP contribution in [0.1, 0.15) is 20.9 Å². The quantitative estimate of drug-likeness (QED) is 0.664. The molecule has 1 aliphatic heterocycles. The number of amides is 1. The molecule has 1 aromatic carbocycles. The zero-order valence-electron chi connectivity index (χ0n) is 15.8. The second-order valence-corrected chi connectivity index (χ2v) is 8.20. The number of benzene rings is 1. The molecule has 2 aromatic heterocycles. The summed E-state index contributed by atoms with van der Waals surface area (Å²) in [6, 6.07) is 14.6. The molecular formula is C22H22FN3OS. The van der Waals surface area contributed by atoms with Crippen LogP contribution in [0.3, 0.4) is 0 Å². The van der Waals surface area contributed by atoms with Crippen LogP contribution >= 0.6 is 11.3 Å². The summed E-state index contributed by atoms with van der Waals surface area (Å²) < 4.78 is 13.4. The van der Waals surface area contributed by atoms with Crippen LogP contribution in [0.4, 0.5) is 4.39 Å². The molecule has 0 unspecified atom stereocenters. The van der Waals surface area contributed by atoms with E-state index in [9.17, 15) is 9.18 Å². The number of thiophene rings is 1. The predicted molar refractivity (Wildman–Crippen MR) is 110 cm³/mol. The van der Waals surface area contributed by atoms with Crippen molar-refractivity contribution in [2.45, 2.75) is 13.5 Å². The van der Waals surface area contributed by atoms with E-state index < -0.39 is 0 Å². The minimum atomic E-state index is -0.211. The van der Waals surface area contributed by atoms with Gasteiger partial charge in [-0.2, -0.15) is 0 Å². The van der Waals surface area contributed by atoms with Gasteiger partial charge in [0, 0.05) is 54.4 Å². The molecule has 0 aliphatic carbocycles. The zero-order valence-corrected chi connectivity index (χ0v) is 16.6. The fraction of sp³-hybridized carbons (Fsp3) is 0.273. The van der Waals surface area contributed by atoms with Crippen LogP contribution in [0.5, 0.6) is 0 Å². The second-order valence-electron chi connectivity index (χ2n) is 7.03. The van der Waals surface area contributed by atoms with Crippen molar-refractivity contribution in [2.24, 2.45) is 0 Å². The molecule has 28 heavy (non-hydrogen) atoms. The fourth-order valence-electron chi connectivity index (χ4n) is 3.37. The molecule has 1 fully saturated rings. The van der Waals surface area contributed by atoms with E-state index in [0.29, 0.717) is 5.56 Å². The van der Waals surface area contributed by atoms with Crippen LogP contribution in [0.25, 0.3) is 10.4 Å². The molecule has 0 spiro atoms. The number of aromatic nitrogens is 1. The first-order valence-electron chi connectivity index (χ1n) is 9.37. The molecule has 1 saturated heterocycles. The van der Waals surface area contributed by atoms with E-state index in [1.165, 1.54) is 10.9 Å². The van der Waals surface area contributed by atoms with E-state index in [1.807, 2.05) is 30.0 Å². The minimum absolute atomic E-state index is 0.0525. The van der Waals surface area contributed by atoms with Crippen molar-refractivity contribution in [1.82, 2.24) is 14.8 Å². The lowest BCUT2D eigenvalue weighted by molar-refractivity contribution is 0.0629. The van der Waals surface area contributed by atoms with Crippen LogP contribution in [-0.4, -0.2) is 46.9 Å². The lowest BCUT2D eigenvalue weighted by Crippen LogP contribution is -2.48. The van der Waals surface area contributed by atoms with Crippen molar-refractivity contribution in [3.05, 3.63) is 76.7 Å². The largest absolute Gasteiger partial charge is 0.336 e. The van der Waals surface area contributed by atoms with Gasteiger partial charge in [-0.1, -0.05) is 12.1 Å². The van der Waals surface area contributed by atoms with Crippen LogP contribution in [0.2, 0.25) is 0 Å². The van der Waals surface area contributed by atoms with Gasteiger partial charge in [0.25, 0.3) is 5.91 Å². The van der Waals surface area contributed by atoms with Gasteiger partial charge >= 0.3 is 0 Å². The average Bonchev–Trinajstić information content (AvgIpc) is 3.17. The number of hydrogen-bond acceptors (Lipinski definition) is 4. The molecule has 1 amide bonds. The highest BCUT2D eigenvalue weighted by Crippen LogP contribution is 2.29. The number of carbonyl (C=O) groups excluding carboxylic acids is 1. The molecule has 0 N–H and O–H groups in total. The number of aryl methyl sites for hydroxylation is 1. The number of rotatable bonds is 4. The Morgan fingerprint density at radius 3 is 2.64 bits per heavy atom. The Morgan fingerprint density at radius 2 is 1.93 bits per heavy atom. The molecule has 6 heteroatoms. The standard InChI is InChI=1S/C22H22FN3OS/c1-16-5-6-18(14-24-16)22(27)26-11-9-25(10-12-26)15-20-7-8-21(28-20)17-3-2-4-19(23)13-17/h2-8,13-14H,9-12,15H2,1H3. The van der Waals surface area contributed by atoms with Crippen molar-refractivity contribution in [3.8, 4) is 10.4 Å². The maximum absolute atomic E-state index is 13.4. The van der Waals surface area contributed by atoms with E-state index in [2.05, 4.69) is 22.0 Å². The summed E-state index contributed by atoms with van der Waals surface area (Å²) in [5.74, 6) is -0.159. The molecule has 0 saturated carbocycles. The molecule has 0 atom stereocenters. The Hall–Kier alpha value is -2.57. The van der Waals surface area contributed by atoms with E-state index in [1.54, 1.807) is 29.7 Å². The first-order valence-corrected chi connectivity index (χ1v) is 10.2. The van der Waals surface area contributed by atoms with Crippen molar-refractivity contribution in [3.63, 3.8) is 0 Å². The number of nitrogens with zero attached hydrogens (tertiary/aromatic N) is 3. The summed E-state index contributed by atoms with van der Waals surface area (Å²) in [6.07, 6.45) is 1.66. The van der Waals surface area contributed by atoms with Gasteiger partial charge < -0.3 is 4.90 Å². The Kier molecular flexibility index (Phi) is 5.50. The topological polar surface area (TPSA) is 36.4 Å². The Morgan fingerprint density at radius 1 is 1.11 bits per heavy atom. The third-order valence-corrected chi connectivity index (χ3v) is 6.09. The van der Waals surface area contributed by atoms with Gasteiger partial charge in [-0.05, 0) is 48.9 Å². The summed E-state index contributed by atoms with van der Waals surface area (Å²) in [6.45, 7) is 5.89. The van der Waals surface area contributed by atoms with Gasteiger partial charge in [0.05, 0.1) is 5.56 Å². The third kappa shape index (κ3) is 4.29. The van der Waals surface area contributed by atoms with Gasteiger partial charge in [0.2, 0.25) is 0 Å². The van der Waals surface area contributed by atoms with Crippen LogP contribution < -0.4 is 0 Å². The summed E-state index contributed by atoms with van der Waals surface area (Å²) in [7, 11) is 0. The van der Waals surface area contributed by atoms with Crippen molar-refractivity contribution in [1.29, 1.82) is 0 Å². The molecule has 0 radical (unpaired) electrons. The number of hydrogen-bond donors (Lipinski definition) is 0. The van der Waals surface area contributed by atoms with E-state index >= 15 is 0 Å². The van der Waals surface area contributed by atoms with E-state index in [4.69, 9.17) is 0 Å². The normalized spacial score (nSPS) is 15.0. The lowest BCUT2D eigenvalue weighted by Gasteiger charge is -2.34. The second kappa shape index (κ2) is 8.20. The van der Waals surface area contributed by atoms with Gasteiger partial charge in [0.1, 0.15) is 5.82 Å². The predicted octanol–water partition coefficient (Wildman–Crippen LogP) is 4.22. The summed E-state index contributed by atoms with van der Waals surface area (Å²) in [4.78, 5) is 23.4. The Bertz CT molecular complexity index is 962. The van der Waals surface area contributed by atoms with Crippen LogP contribution in [0.15, 0.2) is 54.7 Å². The fourth-order valence-corrected chi connectivity index (χ4v) is 4.41. The first kappa shape index (κ1) is 18.8. The van der Waals surface area contributed by atoms with E-state index in [0.717, 1.165) is 48.9 Å². The summed E-state index contributed by atoms with van der Waals surface area (Å²) in [5, 5.41) is 0. The molecule has 3 aromatic rings. The van der Waals surface area contributed by atoms with Crippen molar-refractivity contribution < 1.29 is 9.18 Å². The number of halogens is 1. The highest BCUT2D eigenvalue weighted by Gasteiger charge is 2.22. The monoisotopic (exact) mass is 395 g/mol. The first-order chi connectivity index (χ1) is 13.6. The van der Waals surface area contributed by atoms with Gasteiger partial charge in [-0.25, -0.2) is 4.39 Å². The molecular weight excluding hydrogens is 373 g/mol. The molecule has 144 valence electrons. The molecule has 4 nitrogen and oxygen atoms in total. The van der Waals surface area contributed by atoms with Gasteiger partial charge in [-0.3, -0.25) is 14.7 Å². The lowest BCUT2D eigenvalue weighted by atomic mass is 10.2. The average molecular weight is 396 g/mol. The zero-order chi connectivity index (χ0) is 19.5. The summed E-state index contributed by atoms with van der Waals surface area (Å²) in [5.41, 5.74) is 2.48. The van der Waals surface area contributed by atoms with E-state index in [-0.39, 0.29) is 11.7 Å². The minimum Gasteiger partial charge on any atom is -0.336 e. The SMILES string of the molecule is Cc1ccc(C(=O)N2CCN(Cc3ccc(-c4cccc(F)c4)s3)CC2)cn1. The Balaban J connectivity index is 1.33. The van der Waals surface area contributed by atoms with Crippen LogP contribution in [0, 0.1) is 12.7 Å². The highest BCUT2D eigenvalue weighted by atomic mass is 32.1. The van der Waals surface area contributed by atoms with Gasteiger partial charge in [-0.15, -0.1) is 11.3 Å². The molecule has 1 aliphatic rings. The van der Waals surface area contributed by atoms with Crippen LogP contribution in [-0.2, 0) is 6.54 Å². The maximum atomic E-state index is 13.4. The van der Waals surface area contributed by atoms with Crippen molar-refractivity contribution in [2.75, 3.05) is 26.2 Å². The smallest absolute Gasteiger partial charge is 0.255 e. The third-order valence-electron chi connectivity index (χ3n) is 4.97. The molecule has 3 heterocycles. The highest BCUT2D eigenvalue weighted by molar-refractivity contribution is 7.15. The number of carbonyl (C=O) groups is 1. The molecule has 4 rings (SSSR count). The number of piperazine rings is 1. The number of pyridine rings is 1. The van der Waals surface area contributed by atoms with Gasteiger partial charge in [0.15, 0.2) is 0 Å². The summed E-state index contributed by atoms with van der Waals surface area (Å²) >= 11 is 1.70.